The molecule has 0 amide bonds. The van der Waals surface area contributed by atoms with Crippen LogP contribution in [0.4, 0.5) is 9.52 Å². The predicted octanol–water partition coefficient (Wildman–Crippen LogP) is 3.49. The number of benzene rings is 1. The molecule has 1 aromatic carbocycles. The maximum atomic E-state index is 12.8. The molecule has 6 heteroatoms. The highest BCUT2D eigenvalue weighted by atomic mass is 32.1. The minimum absolute atomic E-state index is 0.296. The van der Waals surface area contributed by atoms with E-state index in [0.717, 1.165) is 31.1 Å². The third-order valence-corrected chi connectivity index (χ3v) is 4.25. The normalized spacial score (nSPS) is 15.0. The zero-order valence-electron chi connectivity index (χ0n) is 11.4. The van der Waals surface area contributed by atoms with E-state index in [0.29, 0.717) is 11.4 Å². The third kappa shape index (κ3) is 3.39. The van der Waals surface area contributed by atoms with Gasteiger partial charge in [0.05, 0.1) is 0 Å². The molecule has 2 heterocycles. The Bertz CT molecular complexity index is 621. The van der Waals surface area contributed by atoms with E-state index in [9.17, 15) is 9.18 Å². The van der Waals surface area contributed by atoms with Crippen molar-refractivity contribution in [3.05, 3.63) is 41.2 Å². The fourth-order valence-corrected chi connectivity index (χ4v) is 3.10. The Labute approximate surface area is 126 Å². The molecule has 2 aromatic rings. The molecule has 1 aromatic heterocycles. The fraction of sp³-hybridized carbons (Fsp3) is 0.333. The van der Waals surface area contributed by atoms with Crippen molar-refractivity contribution < 1.29 is 13.9 Å². The lowest BCUT2D eigenvalue weighted by Gasteiger charge is -2.25. The van der Waals surface area contributed by atoms with Crippen molar-refractivity contribution in [1.82, 2.24) is 4.98 Å². The van der Waals surface area contributed by atoms with Gasteiger partial charge in [0.25, 0.3) is 0 Å². The van der Waals surface area contributed by atoms with Gasteiger partial charge in [0.1, 0.15) is 11.6 Å². The predicted molar refractivity (Wildman–Crippen MR) is 79.5 cm³/mol. The summed E-state index contributed by atoms with van der Waals surface area (Å²) in [7, 11) is 0. The summed E-state index contributed by atoms with van der Waals surface area (Å²) in [5.41, 5.74) is 0.296. The Kier molecular flexibility index (Phi) is 4.15. The third-order valence-electron chi connectivity index (χ3n) is 3.35. The van der Waals surface area contributed by atoms with E-state index in [1.807, 2.05) is 0 Å². The summed E-state index contributed by atoms with van der Waals surface area (Å²) in [4.78, 5) is 18.5. The maximum Gasteiger partial charge on any atom is 0.363 e. The van der Waals surface area contributed by atoms with Crippen molar-refractivity contribution in [2.24, 2.45) is 0 Å². The minimum atomic E-state index is -0.513. The first-order chi connectivity index (χ1) is 10.2. The van der Waals surface area contributed by atoms with Crippen molar-refractivity contribution in [2.45, 2.75) is 19.3 Å². The van der Waals surface area contributed by atoms with E-state index in [2.05, 4.69) is 9.88 Å². The van der Waals surface area contributed by atoms with Gasteiger partial charge in [0, 0.05) is 18.5 Å². The molecule has 0 atom stereocenters. The summed E-state index contributed by atoms with van der Waals surface area (Å²) >= 11 is 1.45. The number of halogens is 1. The van der Waals surface area contributed by atoms with Crippen LogP contribution in [0.5, 0.6) is 5.75 Å². The fourth-order valence-electron chi connectivity index (χ4n) is 2.25. The molecule has 0 N–H and O–H groups in total. The first-order valence-electron chi connectivity index (χ1n) is 6.90. The molecule has 0 spiro atoms. The molecule has 0 aliphatic carbocycles. The number of hydrogen-bond acceptors (Lipinski definition) is 5. The van der Waals surface area contributed by atoms with Gasteiger partial charge in [-0.2, -0.15) is 0 Å². The van der Waals surface area contributed by atoms with Gasteiger partial charge in [0.2, 0.25) is 0 Å². The number of piperidine rings is 1. The van der Waals surface area contributed by atoms with Crippen LogP contribution in [0.1, 0.15) is 29.8 Å². The standard InChI is InChI=1S/C15H15FN2O2S/c16-11-4-6-12(7-5-11)20-14(19)13-10-21-15(17-13)18-8-2-1-3-9-18/h4-7,10H,1-3,8-9H2. The number of anilines is 1. The zero-order chi connectivity index (χ0) is 14.7. The summed E-state index contributed by atoms with van der Waals surface area (Å²) in [6.45, 7) is 1.97. The van der Waals surface area contributed by atoms with Gasteiger partial charge in [-0.05, 0) is 43.5 Å². The average Bonchev–Trinajstić information content (AvgIpc) is 3.00. The van der Waals surface area contributed by atoms with E-state index in [4.69, 9.17) is 4.74 Å². The second-order valence-electron chi connectivity index (χ2n) is 4.91. The van der Waals surface area contributed by atoms with Gasteiger partial charge < -0.3 is 9.64 Å². The summed E-state index contributed by atoms with van der Waals surface area (Å²) in [6.07, 6.45) is 3.57. The largest absolute Gasteiger partial charge is 0.422 e. The molecule has 0 saturated carbocycles. The van der Waals surface area contributed by atoms with Crippen LogP contribution in [-0.2, 0) is 0 Å². The number of rotatable bonds is 3. The first kappa shape index (κ1) is 14.0. The molecule has 1 saturated heterocycles. The highest BCUT2D eigenvalue weighted by Crippen LogP contribution is 2.24. The Morgan fingerprint density at radius 3 is 2.62 bits per heavy atom. The Morgan fingerprint density at radius 2 is 1.90 bits per heavy atom. The molecule has 0 radical (unpaired) electrons. The van der Waals surface area contributed by atoms with Gasteiger partial charge in [-0.3, -0.25) is 0 Å². The molecule has 1 aliphatic rings. The van der Waals surface area contributed by atoms with Gasteiger partial charge in [-0.25, -0.2) is 14.2 Å². The summed E-state index contributed by atoms with van der Waals surface area (Å²) in [6, 6.07) is 5.35. The minimum Gasteiger partial charge on any atom is -0.422 e. The Hall–Kier alpha value is -1.95. The second-order valence-corrected chi connectivity index (χ2v) is 5.74. The van der Waals surface area contributed by atoms with Crippen LogP contribution in [-0.4, -0.2) is 24.0 Å². The highest BCUT2D eigenvalue weighted by molar-refractivity contribution is 7.13. The number of carbonyl (C=O) groups is 1. The monoisotopic (exact) mass is 306 g/mol. The van der Waals surface area contributed by atoms with Crippen molar-refractivity contribution in [3.8, 4) is 5.75 Å². The molecule has 1 aliphatic heterocycles. The topological polar surface area (TPSA) is 42.4 Å². The SMILES string of the molecule is O=C(Oc1ccc(F)cc1)c1csc(N2CCCCC2)n1. The van der Waals surface area contributed by atoms with Crippen LogP contribution < -0.4 is 9.64 Å². The number of thiazole rings is 1. The van der Waals surface area contributed by atoms with Crippen LogP contribution >= 0.6 is 11.3 Å². The molecule has 110 valence electrons. The number of carbonyl (C=O) groups excluding carboxylic acids is 1. The lowest BCUT2D eigenvalue weighted by Crippen LogP contribution is -2.29. The second kappa shape index (κ2) is 6.22. The number of hydrogen-bond donors (Lipinski definition) is 0. The van der Waals surface area contributed by atoms with Gasteiger partial charge in [-0.1, -0.05) is 0 Å². The quantitative estimate of drug-likeness (QED) is 0.643. The van der Waals surface area contributed by atoms with E-state index >= 15 is 0 Å². The van der Waals surface area contributed by atoms with Crippen LogP contribution in [0.2, 0.25) is 0 Å². The molecule has 0 unspecified atom stereocenters. The van der Waals surface area contributed by atoms with Crippen LogP contribution in [0.15, 0.2) is 29.6 Å². The molecule has 3 rings (SSSR count). The van der Waals surface area contributed by atoms with E-state index in [1.54, 1.807) is 5.38 Å². The number of nitrogens with zero attached hydrogens (tertiary/aromatic N) is 2. The van der Waals surface area contributed by atoms with Crippen molar-refractivity contribution in [2.75, 3.05) is 18.0 Å². The van der Waals surface area contributed by atoms with Gasteiger partial charge in [0.15, 0.2) is 10.8 Å². The number of esters is 1. The number of ether oxygens (including phenoxy) is 1. The summed E-state index contributed by atoms with van der Waals surface area (Å²) in [5, 5.41) is 2.57. The lowest BCUT2D eigenvalue weighted by molar-refractivity contribution is 0.0729. The van der Waals surface area contributed by atoms with Crippen molar-refractivity contribution in [1.29, 1.82) is 0 Å². The molecule has 0 bridgehead atoms. The number of aromatic nitrogens is 1. The van der Waals surface area contributed by atoms with Crippen molar-refractivity contribution >= 4 is 22.4 Å². The summed E-state index contributed by atoms with van der Waals surface area (Å²) < 4.78 is 18.0. The molecule has 1 fully saturated rings. The lowest BCUT2D eigenvalue weighted by atomic mass is 10.1. The zero-order valence-corrected chi connectivity index (χ0v) is 12.2. The smallest absolute Gasteiger partial charge is 0.363 e. The van der Waals surface area contributed by atoms with E-state index in [1.165, 1.54) is 42.0 Å². The first-order valence-corrected chi connectivity index (χ1v) is 7.78. The van der Waals surface area contributed by atoms with Crippen LogP contribution in [0.25, 0.3) is 0 Å². The highest BCUT2D eigenvalue weighted by Gasteiger charge is 2.18. The molecule has 4 nitrogen and oxygen atoms in total. The summed E-state index contributed by atoms with van der Waals surface area (Å²) in [5.74, 6) is -0.564. The van der Waals surface area contributed by atoms with Gasteiger partial charge >= 0.3 is 5.97 Å². The van der Waals surface area contributed by atoms with E-state index < -0.39 is 5.97 Å². The van der Waals surface area contributed by atoms with Crippen LogP contribution in [0.3, 0.4) is 0 Å². The van der Waals surface area contributed by atoms with Gasteiger partial charge in [-0.15, -0.1) is 11.3 Å². The molecular formula is C15H15FN2O2S. The van der Waals surface area contributed by atoms with Crippen LogP contribution in [0, 0.1) is 5.82 Å². The average molecular weight is 306 g/mol. The Morgan fingerprint density at radius 1 is 1.19 bits per heavy atom. The Balaban J connectivity index is 1.67. The maximum absolute atomic E-state index is 12.8. The molecular weight excluding hydrogens is 291 g/mol. The van der Waals surface area contributed by atoms with E-state index in [-0.39, 0.29) is 5.82 Å². The molecule has 21 heavy (non-hydrogen) atoms. The van der Waals surface area contributed by atoms with Crippen molar-refractivity contribution in [3.63, 3.8) is 0 Å².